The molecule has 1 N–H and O–H groups in total. The van der Waals surface area contributed by atoms with Gasteiger partial charge in [-0.3, -0.25) is 9.59 Å². The third kappa shape index (κ3) is 2.98. The summed E-state index contributed by atoms with van der Waals surface area (Å²) < 4.78 is 3.85. The summed E-state index contributed by atoms with van der Waals surface area (Å²) in [4.78, 5) is 55.5. The molecule has 1 aromatic heterocycles. The van der Waals surface area contributed by atoms with Crippen molar-refractivity contribution in [2.24, 2.45) is 18.4 Å². The van der Waals surface area contributed by atoms with Crippen LogP contribution >= 0.6 is 0 Å². The Morgan fingerprint density at radius 3 is 2.50 bits per heavy atom. The minimum atomic E-state index is -1.22. The number of benzene rings is 2. The highest BCUT2D eigenvalue weighted by Gasteiger charge is 2.65. The number of amides is 2. The number of fused-ring (bicyclic) bond motifs is 4. The van der Waals surface area contributed by atoms with Crippen LogP contribution < -0.4 is 16.3 Å². The Morgan fingerprint density at radius 1 is 1.05 bits per heavy atom. The van der Waals surface area contributed by atoms with Crippen LogP contribution in [0.5, 0.6) is 5.75 Å². The van der Waals surface area contributed by atoms with Crippen molar-refractivity contribution in [1.82, 2.24) is 13.9 Å². The number of phenolic OH excluding ortho intramolecular Hbond substituents is 1. The summed E-state index contributed by atoms with van der Waals surface area (Å²) in [5, 5.41) is 11.4. The molecule has 38 heavy (non-hydrogen) atoms. The molecule has 1 saturated carbocycles. The highest BCUT2D eigenvalue weighted by molar-refractivity contribution is 6.24. The fraction of sp³-hybridized carbons (Fsp3) is 0.310. The van der Waals surface area contributed by atoms with Gasteiger partial charge in [0, 0.05) is 18.5 Å². The lowest BCUT2D eigenvalue weighted by molar-refractivity contribution is -0.129. The van der Waals surface area contributed by atoms with Crippen molar-refractivity contribution in [2.75, 3.05) is 4.90 Å². The van der Waals surface area contributed by atoms with Crippen molar-refractivity contribution in [3.05, 3.63) is 105 Å². The van der Waals surface area contributed by atoms with Crippen molar-refractivity contribution >= 4 is 17.5 Å². The summed E-state index contributed by atoms with van der Waals surface area (Å²) in [6, 6.07) is 13.6. The zero-order valence-electron chi connectivity index (χ0n) is 21.2. The molecule has 3 aliphatic rings. The Balaban J connectivity index is 1.61. The van der Waals surface area contributed by atoms with Gasteiger partial charge in [-0.25, -0.2) is 28.4 Å². The van der Waals surface area contributed by atoms with Gasteiger partial charge < -0.3 is 5.11 Å². The predicted octanol–water partition coefficient (Wildman–Crippen LogP) is 2.65. The molecule has 2 aliphatic heterocycles. The van der Waals surface area contributed by atoms with E-state index in [9.17, 15) is 24.3 Å². The van der Waals surface area contributed by atoms with Crippen molar-refractivity contribution in [1.29, 1.82) is 0 Å². The summed E-state index contributed by atoms with van der Waals surface area (Å²) in [7, 11) is 1.43. The summed E-state index contributed by atoms with van der Waals surface area (Å²) in [5.74, 6) is -2.13. The average Bonchev–Trinajstić information content (AvgIpc) is 3.26. The number of carbonyl (C=O) groups is 2. The Bertz CT molecular complexity index is 1660. The third-order valence-corrected chi connectivity index (χ3v) is 8.57. The van der Waals surface area contributed by atoms with Crippen LogP contribution in [-0.2, 0) is 29.6 Å². The minimum absolute atomic E-state index is 0.0423. The van der Waals surface area contributed by atoms with Gasteiger partial charge in [-0.15, -0.1) is 6.58 Å². The third-order valence-electron chi connectivity index (χ3n) is 8.57. The van der Waals surface area contributed by atoms with Crippen LogP contribution in [0.25, 0.3) is 0 Å². The van der Waals surface area contributed by atoms with Crippen LogP contribution in [0.2, 0.25) is 0 Å². The number of hydrogen-bond acceptors (Lipinski definition) is 5. The van der Waals surface area contributed by atoms with E-state index in [-0.39, 0.29) is 30.5 Å². The highest BCUT2D eigenvalue weighted by atomic mass is 16.3. The maximum Gasteiger partial charge on any atom is 0.347 e. The number of para-hydroxylation sites is 2. The standard InChI is InChI=1S/C29H28N4O5/c1-4-9-17-10-8-13-20(24(17)34)23-19-14-15-31-27(37)30(3)28(38)33(31)22(19)16-21-25(35)32(26(36)29(21,23)2)18-11-6-5-7-12-18/h4-8,10-14,21-23,34H,1,9,15-16H2,2-3H3/t21-,22+,23+,29+/m0/s1. The summed E-state index contributed by atoms with van der Waals surface area (Å²) >= 11 is 0. The van der Waals surface area contributed by atoms with E-state index in [4.69, 9.17) is 0 Å². The zero-order valence-corrected chi connectivity index (χ0v) is 21.2. The Morgan fingerprint density at radius 2 is 1.79 bits per heavy atom. The van der Waals surface area contributed by atoms with Gasteiger partial charge in [-0.05, 0) is 43.0 Å². The number of aromatic hydroxyl groups is 1. The van der Waals surface area contributed by atoms with Gasteiger partial charge in [0.25, 0.3) is 0 Å². The normalized spacial score (nSPS) is 26.0. The van der Waals surface area contributed by atoms with Crippen molar-refractivity contribution in [3.63, 3.8) is 0 Å². The number of aromatic nitrogens is 3. The second kappa shape index (κ2) is 8.31. The number of hydrogen-bond donors (Lipinski definition) is 1. The van der Waals surface area contributed by atoms with E-state index >= 15 is 0 Å². The molecule has 4 atom stereocenters. The number of allylic oxidation sites excluding steroid dienone is 3. The van der Waals surface area contributed by atoms with Gasteiger partial charge in [0.05, 0.1) is 29.6 Å². The van der Waals surface area contributed by atoms with Crippen LogP contribution in [0.1, 0.15) is 36.4 Å². The molecule has 1 aliphatic carbocycles. The first-order chi connectivity index (χ1) is 18.2. The van der Waals surface area contributed by atoms with Crippen molar-refractivity contribution in [3.8, 4) is 5.75 Å². The zero-order chi connectivity index (χ0) is 26.9. The quantitative estimate of drug-likeness (QED) is 0.427. The van der Waals surface area contributed by atoms with Crippen LogP contribution in [-0.4, -0.2) is 30.9 Å². The second-order valence-corrected chi connectivity index (χ2v) is 10.4. The Labute approximate surface area is 218 Å². The van der Waals surface area contributed by atoms with Crippen molar-refractivity contribution < 1.29 is 14.7 Å². The van der Waals surface area contributed by atoms with Gasteiger partial charge in [0.15, 0.2) is 0 Å². The molecule has 9 heteroatoms. The lowest BCUT2D eigenvalue weighted by Crippen LogP contribution is -2.49. The maximum atomic E-state index is 14.3. The van der Waals surface area contributed by atoms with E-state index in [0.29, 0.717) is 23.2 Å². The molecule has 0 bridgehead atoms. The van der Waals surface area contributed by atoms with E-state index < -0.39 is 34.7 Å². The van der Waals surface area contributed by atoms with Gasteiger partial charge in [-0.2, -0.15) is 0 Å². The first-order valence-electron chi connectivity index (χ1n) is 12.6. The van der Waals surface area contributed by atoms with Crippen LogP contribution in [0.15, 0.2) is 82.4 Å². The maximum absolute atomic E-state index is 14.3. The first kappa shape index (κ1) is 24.0. The van der Waals surface area contributed by atoms with E-state index in [1.165, 1.54) is 21.3 Å². The molecular weight excluding hydrogens is 484 g/mol. The summed E-state index contributed by atoms with van der Waals surface area (Å²) in [6.07, 6.45) is 4.18. The summed E-state index contributed by atoms with van der Waals surface area (Å²) in [5.41, 5.74) is 0.261. The molecule has 1 saturated heterocycles. The van der Waals surface area contributed by atoms with Gasteiger partial charge in [0.2, 0.25) is 11.8 Å². The van der Waals surface area contributed by atoms with E-state index in [2.05, 4.69) is 6.58 Å². The second-order valence-electron chi connectivity index (χ2n) is 10.4. The fourth-order valence-electron chi connectivity index (χ4n) is 6.72. The smallest absolute Gasteiger partial charge is 0.347 e. The lowest BCUT2D eigenvalue weighted by Gasteiger charge is -2.47. The van der Waals surface area contributed by atoms with E-state index in [0.717, 1.165) is 10.1 Å². The largest absolute Gasteiger partial charge is 0.507 e. The Kier molecular flexibility index (Phi) is 5.24. The number of nitrogens with zero attached hydrogens (tertiary/aromatic N) is 4. The minimum Gasteiger partial charge on any atom is -0.507 e. The molecule has 2 amide bonds. The molecule has 0 unspecified atom stereocenters. The monoisotopic (exact) mass is 512 g/mol. The van der Waals surface area contributed by atoms with Crippen molar-refractivity contribution in [2.45, 2.75) is 38.3 Å². The molecular formula is C29H28N4O5. The van der Waals surface area contributed by atoms with Crippen LogP contribution in [0, 0.1) is 11.3 Å². The molecule has 2 fully saturated rings. The highest BCUT2D eigenvalue weighted by Crippen LogP contribution is 2.62. The SMILES string of the molecule is C=CCc1cccc([C@H]2C3=CCn4c(=O)n(C)c(=O)n4[C@@H]3C[C@H]3C(=O)N(c4ccccc4)C(=O)[C@@]23C)c1O. The first-order valence-corrected chi connectivity index (χ1v) is 12.6. The average molecular weight is 513 g/mol. The summed E-state index contributed by atoms with van der Waals surface area (Å²) in [6.45, 7) is 5.72. The molecule has 194 valence electrons. The topological polar surface area (TPSA) is 107 Å². The lowest BCUT2D eigenvalue weighted by atomic mass is 9.56. The molecule has 9 nitrogen and oxygen atoms in total. The number of phenols is 1. The number of rotatable bonds is 4. The molecule has 6 rings (SSSR count). The number of anilines is 1. The Hall–Kier alpha value is -4.40. The molecule has 3 aromatic rings. The molecule has 2 aromatic carbocycles. The van der Waals surface area contributed by atoms with Gasteiger partial charge in [0.1, 0.15) is 5.75 Å². The van der Waals surface area contributed by atoms with Gasteiger partial charge >= 0.3 is 11.4 Å². The molecule has 3 heterocycles. The number of carbonyl (C=O) groups excluding carboxylic acids is 2. The van der Waals surface area contributed by atoms with Crippen LogP contribution in [0.4, 0.5) is 5.69 Å². The molecule has 0 spiro atoms. The van der Waals surface area contributed by atoms with E-state index in [1.807, 2.05) is 18.2 Å². The predicted molar refractivity (Wildman–Crippen MR) is 141 cm³/mol. The molecule has 0 radical (unpaired) electrons. The fourth-order valence-corrected chi connectivity index (χ4v) is 6.72. The van der Waals surface area contributed by atoms with Crippen LogP contribution in [0.3, 0.4) is 0 Å². The van der Waals surface area contributed by atoms with Gasteiger partial charge in [-0.1, -0.05) is 48.6 Å². The van der Waals surface area contributed by atoms with E-state index in [1.54, 1.807) is 49.4 Å². The number of imide groups is 1.